The van der Waals surface area contributed by atoms with Crippen molar-refractivity contribution in [1.29, 1.82) is 0 Å². The van der Waals surface area contributed by atoms with Gasteiger partial charge in [-0.3, -0.25) is 14.7 Å². The predicted octanol–water partition coefficient (Wildman–Crippen LogP) is -0.186. The van der Waals surface area contributed by atoms with Crippen molar-refractivity contribution in [3.8, 4) is 0 Å². The van der Waals surface area contributed by atoms with Gasteiger partial charge in [0.2, 0.25) is 17.6 Å². The molecule has 0 spiro atoms. The van der Waals surface area contributed by atoms with Crippen LogP contribution < -0.4 is 4.90 Å². The second-order valence-corrected chi connectivity index (χ2v) is 5.30. The molecule has 1 saturated heterocycles. The minimum Gasteiger partial charge on any atom is -0.475 e. The van der Waals surface area contributed by atoms with Crippen LogP contribution in [-0.4, -0.2) is 38.1 Å². The van der Waals surface area contributed by atoms with Crippen LogP contribution in [0.3, 0.4) is 0 Å². The highest BCUT2D eigenvalue weighted by Gasteiger charge is 2.60. The average Bonchev–Trinajstić information content (AvgIpc) is 3.13. The van der Waals surface area contributed by atoms with E-state index >= 15 is 0 Å². The highest BCUT2D eigenvalue weighted by Crippen LogP contribution is 2.52. The van der Waals surface area contributed by atoms with Gasteiger partial charge in [-0.15, -0.1) is 5.10 Å². The van der Waals surface area contributed by atoms with Gasteiger partial charge in [0.05, 0.1) is 11.8 Å². The highest BCUT2D eigenvalue weighted by atomic mass is 16.4. The molecular weight excluding hydrogens is 264 g/mol. The molecule has 1 aliphatic heterocycles. The number of anilines is 1. The third kappa shape index (κ3) is 1.23. The van der Waals surface area contributed by atoms with Crippen molar-refractivity contribution in [3.05, 3.63) is 18.0 Å². The van der Waals surface area contributed by atoms with Crippen LogP contribution in [0.1, 0.15) is 17.0 Å². The zero-order chi connectivity index (χ0) is 14.0. The molecular formula is C12H10N4O4. The van der Waals surface area contributed by atoms with E-state index in [0.29, 0.717) is 0 Å². The molecule has 20 heavy (non-hydrogen) atoms. The smallest absolute Gasteiger partial charge is 0.373 e. The first-order chi connectivity index (χ1) is 9.58. The maximum Gasteiger partial charge on any atom is 0.373 e. The first-order valence-electron chi connectivity index (χ1n) is 6.30. The largest absolute Gasteiger partial charge is 0.475 e. The van der Waals surface area contributed by atoms with Crippen LogP contribution in [-0.2, 0) is 9.59 Å². The zero-order valence-electron chi connectivity index (χ0n) is 10.2. The number of carboxylic acids is 1. The average molecular weight is 274 g/mol. The van der Waals surface area contributed by atoms with Crippen molar-refractivity contribution < 1.29 is 19.5 Å². The van der Waals surface area contributed by atoms with Gasteiger partial charge in [-0.1, -0.05) is 12.2 Å². The van der Waals surface area contributed by atoms with E-state index < -0.39 is 11.8 Å². The molecule has 2 aliphatic carbocycles. The van der Waals surface area contributed by atoms with Crippen molar-refractivity contribution in [3.63, 3.8) is 0 Å². The molecule has 2 N–H and O–H groups in total. The standard InChI is InChI=1S/C12H10N4O4/c17-9-6-4-1-2-5(3-4)7(6)10(18)16(9)12-13-8(11(19)20)14-15-12/h1-2,4-7H,3H2,(H,19,20)(H,13,14,15). The van der Waals surface area contributed by atoms with E-state index in [2.05, 4.69) is 15.2 Å². The van der Waals surface area contributed by atoms with Crippen molar-refractivity contribution in [2.75, 3.05) is 4.90 Å². The highest BCUT2D eigenvalue weighted by molar-refractivity contribution is 6.22. The van der Waals surface area contributed by atoms with Crippen LogP contribution in [0.2, 0.25) is 0 Å². The number of rotatable bonds is 2. The molecule has 2 bridgehead atoms. The second kappa shape index (κ2) is 3.53. The molecule has 2 heterocycles. The molecule has 4 unspecified atom stereocenters. The van der Waals surface area contributed by atoms with Gasteiger partial charge in [0.15, 0.2) is 0 Å². The normalized spacial score (nSPS) is 34.1. The third-order valence-electron chi connectivity index (χ3n) is 4.35. The van der Waals surface area contributed by atoms with E-state index in [1.807, 2.05) is 12.2 Å². The van der Waals surface area contributed by atoms with Crippen molar-refractivity contribution >= 4 is 23.7 Å². The van der Waals surface area contributed by atoms with Crippen LogP contribution in [0.15, 0.2) is 12.2 Å². The first-order valence-corrected chi connectivity index (χ1v) is 6.30. The fourth-order valence-corrected chi connectivity index (χ4v) is 3.55. The number of carbonyl (C=O) groups is 3. The second-order valence-electron chi connectivity index (χ2n) is 5.30. The summed E-state index contributed by atoms with van der Waals surface area (Å²) in [6, 6.07) is 0. The number of nitrogens with one attached hydrogen (secondary N) is 1. The summed E-state index contributed by atoms with van der Waals surface area (Å²) in [5.41, 5.74) is 0. The summed E-state index contributed by atoms with van der Waals surface area (Å²) in [7, 11) is 0. The van der Waals surface area contributed by atoms with Crippen molar-refractivity contribution in [2.45, 2.75) is 6.42 Å². The molecule has 0 radical (unpaired) electrons. The molecule has 0 aromatic carbocycles. The van der Waals surface area contributed by atoms with Gasteiger partial charge in [0, 0.05) is 0 Å². The first kappa shape index (κ1) is 11.3. The number of allylic oxidation sites excluding steroid dienone is 2. The number of hydrogen-bond acceptors (Lipinski definition) is 5. The van der Waals surface area contributed by atoms with E-state index in [-0.39, 0.29) is 41.4 Å². The molecule has 8 nitrogen and oxygen atoms in total. The molecule has 2 fully saturated rings. The maximum atomic E-state index is 12.4. The lowest BCUT2D eigenvalue weighted by atomic mass is 9.85. The number of aromatic nitrogens is 3. The Bertz CT molecular complexity index is 649. The van der Waals surface area contributed by atoms with E-state index in [0.717, 1.165) is 11.3 Å². The van der Waals surface area contributed by atoms with Gasteiger partial charge in [-0.25, -0.2) is 9.69 Å². The van der Waals surface area contributed by atoms with Gasteiger partial charge in [-0.05, 0) is 18.3 Å². The quantitative estimate of drug-likeness (QED) is 0.570. The number of aromatic amines is 1. The Labute approximate surface area is 112 Å². The lowest BCUT2D eigenvalue weighted by Crippen LogP contribution is -2.33. The summed E-state index contributed by atoms with van der Waals surface area (Å²) in [5.74, 6) is -2.99. The lowest BCUT2D eigenvalue weighted by molar-refractivity contribution is -0.123. The van der Waals surface area contributed by atoms with Gasteiger partial charge in [-0.2, -0.15) is 4.98 Å². The number of aromatic carboxylic acids is 1. The molecule has 2 amide bonds. The van der Waals surface area contributed by atoms with Crippen molar-refractivity contribution in [2.24, 2.45) is 23.7 Å². The number of carbonyl (C=O) groups excluding carboxylic acids is 2. The summed E-state index contributed by atoms with van der Waals surface area (Å²) in [6.07, 6.45) is 4.82. The Morgan fingerprint density at radius 2 is 1.85 bits per heavy atom. The number of fused-ring (bicyclic) bond motifs is 5. The Balaban J connectivity index is 1.72. The van der Waals surface area contributed by atoms with E-state index in [9.17, 15) is 14.4 Å². The Morgan fingerprint density at radius 1 is 1.25 bits per heavy atom. The molecule has 3 aliphatic rings. The Hall–Kier alpha value is -2.51. The van der Waals surface area contributed by atoms with E-state index in [4.69, 9.17) is 5.11 Å². The summed E-state index contributed by atoms with van der Waals surface area (Å²) in [6.45, 7) is 0. The monoisotopic (exact) mass is 274 g/mol. The van der Waals surface area contributed by atoms with Crippen molar-refractivity contribution in [1.82, 2.24) is 15.2 Å². The number of hydrogen-bond donors (Lipinski definition) is 2. The number of carboxylic acid groups (broad SMARTS) is 1. The lowest BCUT2D eigenvalue weighted by Gasteiger charge is -2.14. The fourth-order valence-electron chi connectivity index (χ4n) is 3.55. The summed E-state index contributed by atoms with van der Waals surface area (Å²) >= 11 is 0. The minimum atomic E-state index is -1.29. The summed E-state index contributed by atoms with van der Waals surface area (Å²) < 4.78 is 0. The number of nitrogens with zero attached hydrogens (tertiary/aromatic N) is 3. The number of amides is 2. The summed E-state index contributed by atoms with van der Waals surface area (Å²) in [5, 5.41) is 14.7. The fraction of sp³-hybridized carbons (Fsp3) is 0.417. The van der Waals surface area contributed by atoms with Crippen LogP contribution >= 0.6 is 0 Å². The minimum absolute atomic E-state index is 0.101. The van der Waals surface area contributed by atoms with Crippen LogP contribution in [0.5, 0.6) is 0 Å². The number of imide groups is 1. The topological polar surface area (TPSA) is 116 Å². The van der Waals surface area contributed by atoms with Gasteiger partial charge in [0.25, 0.3) is 5.95 Å². The van der Waals surface area contributed by atoms with E-state index in [1.54, 1.807) is 0 Å². The van der Waals surface area contributed by atoms with Gasteiger partial charge >= 0.3 is 5.97 Å². The number of H-pyrrole nitrogens is 1. The van der Waals surface area contributed by atoms with Crippen LogP contribution in [0.25, 0.3) is 0 Å². The third-order valence-corrected chi connectivity index (χ3v) is 4.35. The molecule has 8 heteroatoms. The van der Waals surface area contributed by atoms with Gasteiger partial charge in [0.1, 0.15) is 0 Å². The SMILES string of the molecule is O=C(O)c1nc(N2C(=O)C3C4C=CC(C4)C3C2=O)n[nH]1. The molecule has 4 atom stereocenters. The molecule has 102 valence electrons. The Kier molecular flexibility index (Phi) is 2.00. The maximum absolute atomic E-state index is 12.4. The molecule has 1 aromatic rings. The zero-order valence-corrected chi connectivity index (χ0v) is 10.2. The van der Waals surface area contributed by atoms with Gasteiger partial charge < -0.3 is 5.11 Å². The Morgan fingerprint density at radius 3 is 2.35 bits per heavy atom. The molecule has 1 aromatic heterocycles. The predicted molar refractivity (Wildman–Crippen MR) is 63.6 cm³/mol. The summed E-state index contributed by atoms with van der Waals surface area (Å²) in [4.78, 5) is 40.2. The molecule has 1 saturated carbocycles. The van der Waals surface area contributed by atoms with Crippen LogP contribution in [0, 0.1) is 23.7 Å². The molecule has 4 rings (SSSR count). The van der Waals surface area contributed by atoms with E-state index in [1.165, 1.54) is 0 Å². The van der Waals surface area contributed by atoms with Crippen LogP contribution in [0.4, 0.5) is 5.95 Å².